The molecule has 0 aliphatic carbocycles. The normalized spacial score (nSPS) is 19.9. The summed E-state index contributed by atoms with van der Waals surface area (Å²) in [5, 5.41) is 7.34. The minimum Gasteiger partial charge on any atom is -0.339 e. The lowest BCUT2D eigenvalue weighted by Crippen LogP contribution is -2.28. The maximum absolute atomic E-state index is 5.34. The zero-order valence-corrected chi connectivity index (χ0v) is 11.4. The molecule has 0 radical (unpaired) electrons. The van der Waals surface area contributed by atoms with Crippen LogP contribution in [0.3, 0.4) is 0 Å². The van der Waals surface area contributed by atoms with Crippen LogP contribution in [-0.4, -0.2) is 28.2 Å². The number of aromatic nitrogens is 3. The van der Waals surface area contributed by atoms with Crippen LogP contribution in [0.5, 0.6) is 0 Å². The molecule has 0 spiro atoms. The van der Waals surface area contributed by atoms with Crippen molar-refractivity contribution >= 4 is 15.9 Å². The molecular formula is C12H13BrN4O. The Morgan fingerprint density at radius 3 is 3.06 bits per heavy atom. The van der Waals surface area contributed by atoms with E-state index in [9.17, 15) is 0 Å². The maximum Gasteiger partial charge on any atom is 0.231 e. The zero-order valence-electron chi connectivity index (χ0n) is 9.77. The van der Waals surface area contributed by atoms with Gasteiger partial charge in [-0.05, 0) is 47.4 Å². The zero-order chi connectivity index (χ0) is 12.4. The first kappa shape index (κ1) is 11.8. The second kappa shape index (κ2) is 5.16. The predicted molar refractivity (Wildman–Crippen MR) is 70.1 cm³/mol. The topological polar surface area (TPSA) is 63.8 Å². The number of hydrogen-bond acceptors (Lipinski definition) is 5. The van der Waals surface area contributed by atoms with Gasteiger partial charge in [0.2, 0.25) is 11.7 Å². The SMILES string of the molecule is Brc1ccc(-c2noc([C@@H]3CCCNC3)n2)nc1. The van der Waals surface area contributed by atoms with Crippen LogP contribution in [0.4, 0.5) is 0 Å². The van der Waals surface area contributed by atoms with Crippen LogP contribution in [0.2, 0.25) is 0 Å². The minimum atomic E-state index is 0.329. The van der Waals surface area contributed by atoms with Gasteiger partial charge in [-0.15, -0.1) is 0 Å². The molecule has 1 aliphatic rings. The van der Waals surface area contributed by atoms with Crippen molar-refractivity contribution in [2.24, 2.45) is 0 Å². The lowest BCUT2D eigenvalue weighted by atomic mass is 10.00. The van der Waals surface area contributed by atoms with E-state index in [1.54, 1.807) is 6.20 Å². The standard InChI is InChI=1S/C12H13BrN4O/c13-9-3-4-10(15-7-9)11-16-12(18-17-11)8-2-1-5-14-6-8/h3-4,7-8,14H,1-2,5-6H2/t8-/m1/s1. The monoisotopic (exact) mass is 308 g/mol. The van der Waals surface area contributed by atoms with Gasteiger partial charge in [-0.3, -0.25) is 4.98 Å². The molecule has 1 N–H and O–H groups in total. The Morgan fingerprint density at radius 2 is 2.33 bits per heavy atom. The molecule has 1 fully saturated rings. The van der Waals surface area contributed by atoms with Gasteiger partial charge in [-0.25, -0.2) is 0 Å². The van der Waals surface area contributed by atoms with Crippen molar-refractivity contribution in [3.05, 3.63) is 28.7 Å². The second-order valence-electron chi connectivity index (χ2n) is 4.36. The van der Waals surface area contributed by atoms with Gasteiger partial charge in [0.25, 0.3) is 0 Å². The molecule has 0 saturated carbocycles. The molecule has 1 aliphatic heterocycles. The molecule has 0 aromatic carbocycles. The predicted octanol–water partition coefficient (Wildman–Crippen LogP) is 2.36. The minimum absolute atomic E-state index is 0.329. The molecule has 0 amide bonds. The highest BCUT2D eigenvalue weighted by Gasteiger charge is 2.21. The van der Waals surface area contributed by atoms with E-state index in [0.717, 1.165) is 36.1 Å². The largest absolute Gasteiger partial charge is 0.339 e. The van der Waals surface area contributed by atoms with Gasteiger partial charge in [0.1, 0.15) is 5.69 Å². The average Bonchev–Trinajstić information content (AvgIpc) is 2.90. The van der Waals surface area contributed by atoms with Gasteiger partial charge < -0.3 is 9.84 Å². The highest BCUT2D eigenvalue weighted by Crippen LogP contribution is 2.24. The Labute approximate surface area is 113 Å². The first-order chi connectivity index (χ1) is 8.83. The van der Waals surface area contributed by atoms with Crippen molar-refractivity contribution in [1.29, 1.82) is 0 Å². The van der Waals surface area contributed by atoms with Crippen LogP contribution in [0.15, 0.2) is 27.3 Å². The Morgan fingerprint density at radius 1 is 1.39 bits per heavy atom. The fourth-order valence-corrected chi connectivity index (χ4v) is 2.31. The summed E-state index contributed by atoms with van der Waals surface area (Å²) in [5.41, 5.74) is 0.733. The van der Waals surface area contributed by atoms with E-state index in [1.807, 2.05) is 12.1 Å². The third-order valence-corrected chi connectivity index (χ3v) is 3.51. The van der Waals surface area contributed by atoms with Gasteiger partial charge in [-0.1, -0.05) is 5.16 Å². The average molecular weight is 309 g/mol. The number of halogens is 1. The first-order valence-corrected chi connectivity index (χ1v) is 6.78. The third kappa shape index (κ3) is 2.44. The third-order valence-electron chi connectivity index (χ3n) is 3.04. The summed E-state index contributed by atoms with van der Waals surface area (Å²) >= 11 is 3.35. The number of nitrogens with zero attached hydrogens (tertiary/aromatic N) is 3. The van der Waals surface area contributed by atoms with Crippen molar-refractivity contribution in [3.63, 3.8) is 0 Å². The van der Waals surface area contributed by atoms with Gasteiger partial charge in [0.05, 0.1) is 5.92 Å². The van der Waals surface area contributed by atoms with Crippen molar-refractivity contribution < 1.29 is 4.52 Å². The van der Waals surface area contributed by atoms with E-state index in [1.165, 1.54) is 0 Å². The number of nitrogens with one attached hydrogen (secondary N) is 1. The molecule has 2 aromatic rings. The molecule has 18 heavy (non-hydrogen) atoms. The second-order valence-corrected chi connectivity index (χ2v) is 5.28. The van der Waals surface area contributed by atoms with E-state index < -0.39 is 0 Å². The fourth-order valence-electron chi connectivity index (χ4n) is 2.08. The Kier molecular flexibility index (Phi) is 3.38. The summed E-state index contributed by atoms with van der Waals surface area (Å²) in [7, 11) is 0. The molecule has 1 saturated heterocycles. The number of piperidine rings is 1. The van der Waals surface area contributed by atoms with Crippen molar-refractivity contribution in [2.45, 2.75) is 18.8 Å². The molecule has 3 rings (SSSR count). The van der Waals surface area contributed by atoms with Crippen LogP contribution < -0.4 is 5.32 Å². The molecule has 6 heteroatoms. The quantitative estimate of drug-likeness (QED) is 0.922. The Bertz CT molecular complexity index is 519. The van der Waals surface area contributed by atoms with E-state index in [0.29, 0.717) is 17.6 Å². The van der Waals surface area contributed by atoms with Crippen LogP contribution in [-0.2, 0) is 0 Å². The molecule has 94 valence electrons. The van der Waals surface area contributed by atoms with Gasteiger partial charge in [0, 0.05) is 17.2 Å². The Hall–Kier alpha value is -1.27. The number of hydrogen-bond donors (Lipinski definition) is 1. The van der Waals surface area contributed by atoms with Gasteiger partial charge in [0.15, 0.2) is 0 Å². The smallest absolute Gasteiger partial charge is 0.231 e. The molecule has 1 atom stereocenters. The summed E-state index contributed by atoms with van der Waals surface area (Å²) in [6.07, 6.45) is 3.98. The molecule has 3 heterocycles. The molecule has 5 nitrogen and oxygen atoms in total. The van der Waals surface area contributed by atoms with E-state index >= 15 is 0 Å². The number of pyridine rings is 1. The first-order valence-electron chi connectivity index (χ1n) is 5.99. The van der Waals surface area contributed by atoms with Crippen molar-refractivity contribution in [2.75, 3.05) is 13.1 Å². The van der Waals surface area contributed by atoms with E-state index in [2.05, 4.69) is 36.4 Å². The van der Waals surface area contributed by atoms with Crippen LogP contribution in [0.25, 0.3) is 11.5 Å². The Balaban J connectivity index is 1.82. The summed E-state index contributed by atoms with van der Waals surface area (Å²) in [6, 6.07) is 3.79. The number of rotatable bonds is 2. The maximum atomic E-state index is 5.34. The molecule has 2 aromatic heterocycles. The van der Waals surface area contributed by atoms with Crippen LogP contribution >= 0.6 is 15.9 Å². The fraction of sp³-hybridized carbons (Fsp3) is 0.417. The summed E-state index contributed by atoms with van der Waals surface area (Å²) in [5.74, 6) is 1.60. The van der Waals surface area contributed by atoms with E-state index in [4.69, 9.17) is 4.52 Å². The molecule has 0 unspecified atom stereocenters. The van der Waals surface area contributed by atoms with Gasteiger partial charge >= 0.3 is 0 Å². The van der Waals surface area contributed by atoms with Crippen molar-refractivity contribution in [3.8, 4) is 11.5 Å². The lowest BCUT2D eigenvalue weighted by Gasteiger charge is -2.18. The molecular weight excluding hydrogens is 296 g/mol. The summed E-state index contributed by atoms with van der Waals surface area (Å²) in [6.45, 7) is 1.99. The van der Waals surface area contributed by atoms with E-state index in [-0.39, 0.29) is 0 Å². The highest BCUT2D eigenvalue weighted by atomic mass is 79.9. The van der Waals surface area contributed by atoms with Gasteiger partial charge in [-0.2, -0.15) is 4.98 Å². The van der Waals surface area contributed by atoms with Crippen LogP contribution in [0.1, 0.15) is 24.7 Å². The van der Waals surface area contributed by atoms with Crippen molar-refractivity contribution in [1.82, 2.24) is 20.4 Å². The van der Waals surface area contributed by atoms with Crippen LogP contribution in [0, 0.1) is 0 Å². The summed E-state index contributed by atoms with van der Waals surface area (Å²) in [4.78, 5) is 8.70. The highest BCUT2D eigenvalue weighted by molar-refractivity contribution is 9.10. The lowest BCUT2D eigenvalue weighted by molar-refractivity contribution is 0.322. The molecule has 0 bridgehead atoms. The summed E-state index contributed by atoms with van der Waals surface area (Å²) < 4.78 is 6.27.